The van der Waals surface area contributed by atoms with Crippen LogP contribution in [0.1, 0.15) is 25.3 Å². The second-order valence-corrected chi connectivity index (χ2v) is 3.65. The molecular formula is C13H19NO2. The van der Waals surface area contributed by atoms with Crippen molar-refractivity contribution in [3.8, 4) is 0 Å². The van der Waals surface area contributed by atoms with Crippen molar-refractivity contribution in [2.75, 3.05) is 18.5 Å². The van der Waals surface area contributed by atoms with Gasteiger partial charge in [0.1, 0.15) is 0 Å². The van der Waals surface area contributed by atoms with E-state index in [1.807, 2.05) is 25.1 Å². The second kappa shape index (κ2) is 6.88. The van der Waals surface area contributed by atoms with Crippen molar-refractivity contribution in [1.82, 2.24) is 0 Å². The number of hydrogen-bond acceptors (Lipinski definition) is 3. The Bertz CT molecular complexity index is 336. The lowest BCUT2D eigenvalue weighted by molar-refractivity contribution is -0.143. The normalized spacial score (nSPS) is 9.88. The van der Waals surface area contributed by atoms with Crippen molar-refractivity contribution in [2.24, 2.45) is 0 Å². The van der Waals surface area contributed by atoms with Gasteiger partial charge in [-0.25, -0.2) is 0 Å². The number of benzene rings is 1. The van der Waals surface area contributed by atoms with Gasteiger partial charge in [-0.05, 0) is 31.9 Å². The fourth-order valence-corrected chi connectivity index (χ4v) is 1.46. The van der Waals surface area contributed by atoms with Crippen LogP contribution in [0.5, 0.6) is 0 Å². The molecule has 0 unspecified atom stereocenters. The molecule has 16 heavy (non-hydrogen) atoms. The van der Waals surface area contributed by atoms with E-state index in [0.717, 1.165) is 18.7 Å². The zero-order valence-electron chi connectivity index (χ0n) is 9.95. The van der Waals surface area contributed by atoms with E-state index in [1.54, 1.807) is 0 Å². The highest BCUT2D eigenvalue weighted by molar-refractivity contribution is 5.69. The fraction of sp³-hybridized carbons (Fsp3) is 0.462. The molecule has 0 aliphatic rings. The van der Waals surface area contributed by atoms with E-state index in [2.05, 4.69) is 18.3 Å². The van der Waals surface area contributed by atoms with Crippen molar-refractivity contribution >= 4 is 11.7 Å². The number of carbonyl (C=O) groups excluding carboxylic acids is 1. The molecule has 0 aromatic heterocycles. The van der Waals surface area contributed by atoms with Crippen molar-refractivity contribution < 1.29 is 9.53 Å². The molecule has 88 valence electrons. The van der Waals surface area contributed by atoms with E-state index in [0.29, 0.717) is 13.0 Å². The Morgan fingerprint density at radius 2 is 2.12 bits per heavy atom. The van der Waals surface area contributed by atoms with Crippen molar-refractivity contribution in [3.63, 3.8) is 0 Å². The molecule has 1 rings (SSSR count). The lowest BCUT2D eigenvalue weighted by Gasteiger charge is -2.08. The maximum atomic E-state index is 11.1. The summed E-state index contributed by atoms with van der Waals surface area (Å²) in [7, 11) is 0. The topological polar surface area (TPSA) is 38.3 Å². The lowest BCUT2D eigenvalue weighted by Crippen LogP contribution is -2.08. The zero-order chi connectivity index (χ0) is 11.8. The Balaban J connectivity index is 2.21. The highest BCUT2D eigenvalue weighted by Crippen LogP contribution is 2.12. The SMILES string of the molecule is CCOC(=O)CCCNc1ccccc1C. The van der Waals surface area contributed by atoms with E-state index in [4.69, 9.17) is 4.74 Å². The Morgan fingerprint density at radius 1 is 1.38 bits per heavy atom. The van der Waals surface area contributed by atoms with Crippen molar-refractivity contribution in [2.45, 2.75) is 26.7 Å². The largest absolute Gasteiger partial charge is 0.466 e. The first-order valence-electron chi connectivity index (χ1n) is 5.69. The molecule has 0 amide bonds. The van der Waals surface area contributed by atoms with Crippen LogP contribution in [0.3, 0.4) is 0 Å². The summed E-state index contributed by atoms with van der Waals surface area (Å²) >= 11 is 0. The Hall–Kier alpha value is -1.51. The van der Waals surface area contributed by atoms with E-state index in [1.165, 1.54) is 5.56 Å². The molecule has 0 spiro atoms. The molecule has 3 heteroatoms. The number of hydrogen-bond donors (Lipinski definition) is 1. The van der Waals surface area contributed by atoms with Gasteiger partial charge in [0.25, 0.3) is 0 Å². The predicted molar refractivity (Wildman–Crippen MR) is 65.5 cm³/mol. The minimum atomic E-state index is -0.117. The van der Waals surface area contributed by atoms with Gasteiger partial charge < -0.3 is 10.1 Å². The molecule has 3 nitrogen and oxygen atoms in total. The number of ether oxygens (including phenoxy) is 1. The molecule has 0 aliphatic carbocycles. The second-order valence-electron chi connectivity index (χ2n) is 3.65. The molecule has 1 aromatic carbocycles. The van der Waals surface area contributed by atoms with Crippen LogP contribution in [0.2, 0.25) is 0 Å². The summed E-state index contributed by atoms with van der Waals surface area (Å²) in [4.78, 5) is 11.1. The smallest absolute Gasteiger partial charge is 0.305 e. The van der Waals surface area contributed by atoms with Crippen LogP contribution >= 0.6 is 0 Å². The average Bonchev–Trinajstić information content (AvgIpc) is 2.27. The summed E-state index contributed by atoms with van der Waals surface area (Å²) in [5.41, 5.74) is 2.35. The van der Waals surface area contributed by atoms with Crippen LogP contribution in [0.15, 0.2) is 24.3 Å². The van der Waals surface area contributed by atoms with Gasteiger partial charge in [0.05, 0.1) is 6.61 Å². The maximum absolute atomic E-state index is 11.1. The van der Waals surface area contributed by atoms with Gasteiger partial charge >= 0.3 is 5.97 Å². The van der Waals surface area contributed by atoms with Gasteiger partial charge in [0.2, 0.25) is 0 Å². The third-order valence-electron chi connectivity index (χ3n) is 2.32. The molecule has 0 bridgehead atoms. The third kappa shape index (κ3) is 4.34. The van der Waals surface area contributed by atoms with Gasteiger partial charge in [0, 0.05) is 18.7 Å². The summed E-state index contributed by atoms with van der Waals surface area (Å²) < 4.78 is 4.85. The first-order valence-corrected chi connectivity index (χ1v) is 5.69. The van der Waals surface area contributed by atoms with Crippen LogP contribution in [0.25, 0.3) is 0 Å². The van der Waals surface area contributed by atoms with Crippen molar-refractivity contribution in [3.05, 3.63) is 29.8 Å². The van der Waals surface area contributed by atoms with Crippen LogP contribution in [0.4, 0.5) is 5.69 Å². The minimum Gasteiger partial charge on any atom is -0.466 e. The van der Waals surface area contributed by atoms with E-state index >= 15 is 0 Å². The number of aryl methyl sites for hydroxylation is 1. The molecule has 0 aliphatic heterocycles. The molecule has 1 N–H and O–H groups in total. The summed E-state index contributed by atoms with van der Waals surface area (Å²) in [6, 6.07) is 8.12. The summed E-state index contributed by atoms with van der Waals surface area (Å²) in [6.45, 7) is 5.14. The quantitative estimate of drug-likeness (QED) is 0.593. The van der Waals surface area contributed by atoms with Crippen LogP contribution in [0, 0.1) is 6.92 Å². The van der Waals surface area contributed by atoms with Gasteiger partial charge in [-0.2, -0.15) is 0 Å². The Kier molecular flexibility index (Phi) is 5.40. The molecule has 0 saturated carbocycles. The molecular weight excluding hydrogens is 202 g/mol. The zero-order valence-corrected chi connectivity index (χ0v) is 9.95. The highest BCUT2D eigenvalue weighted by Gasteiger charge is 2.01. The average molecular weight is 221 g/mol. The van der Waals surface area contributed by atoms with Crippen LogP contribution in [-0.2, 0) is 9.53 Å². The molecule has 0 radical (unpaired) electrons. The van der Waals surface area contributed by atoms with E-state index < -0.39 is 0 Å². The third-order valence-corrected chi connectivity index (χ3v) is 2.32. The molecule has 0 heterocycles. The number of rotatable bonds is 6. The minimum absolute atomic E-state index is 0.117. The molecule has 0 atom stereocenters. The standard InChI is InChI=1S/C13H19NO2/c1-3-16-13(15)9-6-10-14-12-8-5-4-7-11(12)2/h4-5,7-8,14H,3,6,9-10H2,1-2H3. The van der Waals surface area contributed by atoms with Gasteiger partial charge in [-0.3, -0.25) is 4.79 Å². The summed E-state index contributed by atoms with van der Waals surface area (Å²) in [6.07, 6.45) is 1.28. The number of para-hydroxylation sites is 1. The highest BCUT2D eigenvalue weighted by atomic mass is 16.5. The lowest BCUT2D eigenvalue weighted by atomic mass is 10.2. The number of carbonyl (C=O) groups is 1. The summed E-state index contributed by atoms with van der Waals surface area (Å²) in [5, 5.41) is 3.30. The monoisotopic (exact) mass is 221 g/mol. The van der Waals surface area contributed by atoms with Crippen LogP contribution in [-0.4, -0.2) is 19.1 Å². The van der Waals surface area contributed by atoms with Gasteiger partial charge in [-0.1, -0.05) is 18.2 Å². The number of nitrogens with one attached hydrogen (secondary N) is 1. The Morgan fingerprint density at radius 3 is 2.81 bits per heavy atom. The fourth-order valence-electron chi connectivity index (χ4n) is 1.46. The van der Waals surface area contributed by atoms with E-state index in [-0.39, 0.29) is 5.97 Å². The molecule has 1 aromatic rings. The maximum Gasteiger partial charge on any atom is 0.305 e. The van der Waals surface area contributed by atoms with Crippen molar-refractivity contribution in [1.29, 1.82) is 0 Å². The Labute approximate surface area is 96.8 Å². The predicted octanol–water partition coefficient (Wildman–Crippen LogP) is 2.75. The van der Waals surface area contributed by atoms with E-state index in [9.17, 15) is 4.79 Å². The summed E-state index contributed by atoms with van der Waals surface area (Å²) in [5.74, 6) is -0.117. The molecule has 0 fully saturated rings. The molecule has 0 saturated heterocycles. The van der Waals surface area contributed by atoms with Crippen LogP contribution < -0.4 is 5.32 Å². The number of esters is 1. The van der Waals surface area contributed by atoms with Gasteiger partial charge in [-0.15, -0.1) is 0 Å². The van der Waals surface area contributed by atoms with Gasteiger partial charge in [0.15, 0.2) is 0 Å². The number of anilines is 1. The first kappa shape index (κ1) is 12.6. The first-order chi connectivity index (χ1) is 7.74.